The Morgan fingerprint density at radius 1 is 1.24 bits per heavy atom. The smallest absolute Gasteiger partial charge is 0.337 e. The van der Waals surface area contributed by atoms with E-state index in [1.165, 1.54) is 6.07 Å². The van der Waals surface area contributed by atoms with Crippen LogP contribution in [0.15, 0.2) is 30.5 Å². The monoisotopic (exact) mass is 312 g/mol. The molecular weight excluding hydrogens is 306 g/mol. The van der Waals surface area contributed by atoms with Crippen LogP contribution in [0.3, 0.4) is 0 Å². The second-order valence-corrected chi connectivity index (χ2v) is 4.27. The van der Waals surface area contributed by atoms with E-state index in [9.17, 15) is 18.4 Å². The molecule has 0 bridgehead atoms. The second-order valence-electron chi connectivity index (χ2n) is 3.91. The molecule has 1 amide bonds. The standard InChI is InChI=1S/C13H7ClF2N2O3/c14-11-8(4-6(15)5-17-11)12(19)18-10-7(13(20)21)2-1-3-9(10)16/h1-5H,(H,18,19)(H,20,21). The molecular formula is C13H7ClF2N2O3. The van der Waals surface area contributed by atoms with Crippen molar-refractivity contribution in [1.29, 1.82) is 0 Å². The number of para-hydroxylation sites is 1. The molecule has 0 aliphatic heterocycles. The van der Waals surface area contributed by atoms with Crippen molar-refractivity contribution in [2.24, 2.45) is 0 Å². The minimum Gasteiger partial charge on any atom is -0.478 e. The first-order valence-corrected chi connectivity index (χ1v) is 5.92. The average molecular weight is 313 g/mol. The summed E-state index contributed by atoms with van der Waals surface area (Å²) in [6, 6.07) is 4.09. The fourth-order valence-electron chi connectivity index (χ4n) is 1.59. The van der Waals surface area contributed by atoms with E-state index < -0.39 is 34.8 Å². The number of halogens is 3. The van der Waals surface area contributed by atoms with Gasteiger partial charge in [-0.2, -0.15) is 0 Å². The molecule has 2 N–H and O–H groups in total. The van der Waals surface area contributed by atoms with E-state index in [-0.39, 0.29) is 10.7 Å². The van der Waals surface area contributed by atoms with Crippen LogP contribution in [0.2, 0.25) is 5.15 Å². The minimum absolute atomic E-state index is 0.290. The largest absolute Gasteiger partial charge is 0.478 e. The van der Waals surface area contributed by atoms with Crippen LogP contribution in [-0.2, 0) is 0 Å². The van der Waals surface area contributed by atoms with Crippen molar-refractivity contribution < 1.29 is 23.5 Å². The van der Waals surface area contributed by atoms with Gasteiger partial charge in [0.05, 0.1) is 23.0 Å². The predicted molar refractivity (Wildman–Crippen MR) is 70.5 cm³/mol. The Balaban J connectivity index is 2.41. The molecule has 0 aliphatic carbocycles. The van der Waals surface area contributed by atoms with Gasteiger partial charge in [0, 0.05) is 0 Å². The van der Waals surface area contributed by atoms with Crippen molar-refractivity contribution in [2.75, 3.05) is 5.32 Å². The number of benzene rings is 1. The number of anilines is 1. The summed E-state index contributed by atoms with van der Waals surface area (Å²) in [6.45, 7) is 0. The van der Waals surface area contributed by atoms with E-state index in [1.54, 1.807) is 0 Å². The van der Waals surface area contributed by atoms with Gasteiger partial charge in [-0.05, 0) is 18.2 Å². The van der Waals surface area contributed by atoms with Crippen molar-refractivity contribution in [2.45, 2.75) is 0 Å². The molecule has 2 rings (SSSR count). The molecule has 0 atom stereocenters. The van der Waals surface area contributed by atoms with Crippen LogP contribution in [0.1, 0.15) is 20.7 Å². The highest BCUT2D eigenvalue weighted by Crippen LogP contribution is 2.22. The molecule has 0 fully saturated rings. The van der Waals surface area contributed by atoms with E-state index in [0.29, 0.717) is 0 Å². The van der Waals surface area contributed by atoms with Crippen molar-refractivity contribution in [3.8, 4) is 0 Å². The minimum atomic E-state index is -1.42. The molecule has 0 saturated carbocycles. The van der Waals surface area contributed by atoms with Crippen LogP contribution in [0.25, 0.3) is 0 Å². The maximum Gasteiger partial charge on any atom is 0.337 e. The van der Waals surface area contributed by atoms with Gasteiger partial charge < -0.3 is 10.4 Å². The number of carbonyl (C=O) groups excluding carboxylic acids is 1. The van der Waals surface area contributed by atoms with Gasteiger partial charge in [-0.1, -0.05) is 17.7 Å². The lowest BCUT2D eigenvalue weighted by Crippen LogP contribution is -2.17. The number of nitrogens with one attached hydrogen (secondary N) is 1. The van der Waals surface area contributed by atoms with Gasteiger partial charge in [0.25, 0.3) is 5.91 Å². The molecule has 0 spiro atoms. The lowest BCUT2D eigenvalue weighted by atomic mass is 10.1. The van der Waals surface area contributed by atoms with Gasteiger partial charge >= 0.3 is 5.97 Å². The summed E-state index contributed by atoms with van der Waals surface area (Å²) >= 11 is 5.65. The second kappa shape index (κ2) is 5.84. The van der Waals surface area contributed by atoms with Crippen LogP contribution in [-0.4, -0.2) is 22.0 Å². The van der Waals surface area contributed by atoms with Gasteiger partial charge in [0.1, 0.15) is 16.8 Å². The lowest BCUT2D eigenvalue weighted by molar-refractivity contribution is 0.0697. The summed E-state index contributed by atoms with van der Waals surface area (Å²) < 4.78 is 26.7. The van der Waals surface area contributed by atoms with Crippen molar-refractivity contribution in [3.05, 3.63) is 58.4 Å². The fourth-order valence-corrected chi connectivity index (χ4v) is 1.78. The molecule has 0 unspecified atom stereocenters. The number of amides is 1. The number of aromatic carboxylic acids is 1. The molecule has 5 nitrogen and oxygen atoms in total. The maximum absolute atomic E-state index is 13.7. The van der Waals surface area contributed by atoms with Gasteiger partial charge in [0.15, 0.2) is 0 Å². The number of aromatic nitrogens is 1. The van der Waals surface area contributed by atoms with E-state index in [2.05, 4.69) is 10.3 Å². The third-order valence-electron chi connectivity index (χ3n) is 2.53. The van der Waals surface area contributed by atoms with Gasteiger partial charge in [-0.25, -0.2) is 18.6 Å². The Morgan fingerprint density at radius 2 is 1.95 bits per heavy atom. The number of nitrogens with zero attached hydrogens (tertiary/aromatic N) is 1. The molecule has 1 aromatic carbocycles. The van der Waals surface area contributed by atoms with E-state index in [1.807, 2.05) is 0 Å². The molecule has 108 valence electrons. The van der Waals surface area contributed by atoms with Gasteiger partial charge in [-0.3, -0.25) is 4.79 Å². The highest BCUT2D eigenvalue weighted by atomic mass is 35.5. The van der Waals surface area contributed by atoms with Crippen LogP contribution >= 0.6 is 11.6 Å². The molecule has 2 aromatic rings. The number of carbonyl (C=O) groups is 2. The molecule has 8 heteroatoms. The van der Waals surface area contributed by atoms with Crippen LogP contribution in [0.5, 0.6) is 0 Å². The molecule has 21 heavy (non-hydrogen) atoms. The zero-order valence-corrected chi connectivity index (χ0v) is 11.0. The molecule has 1 aromatic heterocycles. The Bertz CT molecular complexity index is 737. The number of carboxylic acid groups (broad SMARTS) is 1. The van der Waals surface area contributed by atoms with E-state index in [4.69, 9.17) is 16.7 Å². The normalized spacial score (nSPS) is 10.2. The van der Waals surface area contributed by atoms with Crippen LogP contribution < -0.4 is 5.32 Å². The summed E-state index contributed by atoms with van der Waals surface area (Å²) in [5.41, 5.74) is -1.31. The number of hydrogen-bond acceptors (Lipinski definition) is 3. The summed E-state index contributed by atoms with van der Waals surface area (Å²) in [5, 5.41) is 10.7. The summed E-state index contributed by atoms with van der Waals surface area (Å²) in [7, 11) is 0. The first-order chi connectivity index (χ1) is 9.90. The first kappa shape index (κ1) is 14.9. The Kier molecular flexibility index (Phi) is 4.13. The first-order valence-electron chi connectivity index (χ1n) is 5.54. The highest BCUT2D eigenvalue weighted by molar-refractivity contribution is 6.33. The Morgan fingerprint density at radius 3 is 2.62 bits per heavy atom. The quantitative estimate of drug-likeness (QED) is 0.854. The van der Waals surface area contributed by atoms with Crippen LogP contribution in [0, 0.1) is 11.6 Å². The zero-order valence-electron chi connectivity index (χ0n) is 10.2. The molecule has 0 radical (unpaired) electrons. The topological polar surface area (TPSA) is 79.3 Å². The average Bonchev–Trinajstić information content (AvgIpc) is 2.43. The van der Waals surface area contributed by atoms with E-state index in [0.717, 1.165) is 24.4 Å². The third-order valence-corrected chi connectivity index (χ3v) is 2.83. The van der Waals surface area contributed by atoms with E-state index >= 15 is 0 Å². The molecule has 0 saturated heterocycles. The number of rotatable bonds is 3. The van der Waals surface area contributed by atoms with Gasteiger partial charge in [0.2, 0.25) is 0 Å². The third kappa shape index (κ3) is 3.14. The maximum atomic E-state index is 13.7. The Hall–Kier alpha value is -2.54. The molecule has 1 heterocycles. The fraction of sp³-hybridized carbons (Fsp3) is 0. The highest BCUT2D eigenvalue weighted by Gasteiger charge is 2.19. The Labute approximate surface area is 122 Å². The van der Waals surface area contributed by atoms with Crippen molar-refractivity contribution in [3.63, 3.8) is 0 Å². The number of hydrogen-bond donors (Lipinski definition) is 2. The summed E-state index contributed by atoms with van der Waals surface area (Å²) in [5.74, 6) is -4.15. The SMILES string of the molecule is O=C(Nc1c(F)cccc1C(=O)O)c1cc(F)cnc1Cl. The van der Waals surface area contributed by atoms with Crippen molar-refractivity contribution >= 4 is 29.2 Å². The van der Waals surface area contributed by atoms with Crippen molar-refractivity contribution in [1.82, 2.24) is 4.98 Å². The predicted octanol–water partition coefficient (Wildman–Crippen LogP) is 2.96. The van der Waals surface area contributed by atoms with Crippen LogP contribution in [0.4, 0.5) is 14.5 Å². The summed E-state index contributed by atoms with van der Waals surface area (Å²) in [6.07, 6.45) is 0.810. The van der Waals surface area contributed by atoms with Gasteiger partial charge in [-0.15, -0.1) is 0 Å². The number of pyridine rings is 1. The lowest BCUT2D eigenvalue weighted by Gasteiger charge is -2.10. The molecule has 0 aliphatic rings. The number of carboxylic acids is 1. The summed E-state index contributed by atoms with van der Waals surface area (Å²) in [4.78, 5) is 26.4. The zero-order chi connectivity index (χ0) is 15.6.